The molecule has 4 amide bonds. The quantitative estimate of drug-likeness (QED) is 0.0753. The predicted octanol–water partition coefficient (Wildman–Crippen LogP) is 8.30. The van der Waals surface area contributed by atoms with Gasteiger partial charge in [-0.2, -0.15) is 0 Å². The zero-order valence-corrected chi connectivity index (χ0v) is 42.8. The highest BCUT2D eigenvalue weighted by molar-refractivity contribution is 6.31. The van der Waals surface area contributed by atoms with Gasteiger partial charge in [-0.3, -0.25) is 19.3 Å². The van der Waals surface area contributed by atoms with Crippen molar-refractivity contribution in [2.75, 3.05) is 38.0 Å². The lowest BCUT2D eigenvalue weighted by Gasteiger charge is -2.38. The molecular formula is C53H66ClFN6O10. The van der Waals surface area contributed by atoms with E-state index in [4.69, 9.17) is 30.6 Å². The molecule has 71 heavy (non-hydrogen) atoms. The van der Waals surface area contributed by atoms with Crippen molar-refractivity contribution in [2.45, 2.75) is 136 Å². The Labute approximate surface area is 420 Å². The van der Waals surface area contributed by atoms with Gasteiger partial charge in [-0.15, -0.1) is 0 Å². The number of hydrogen-bond acceptors (Lipinski definition) is 12. The molecule has 0 saturated carbocycles. The zero-order valence-electron chi connectivity index (χ0n) is 42.0. The van der Waals surface area contributed by atoms with Crippen LogP contribution in [0.25, 0.3) is 5.57 Å². The Bertz CT molecular complexity index is 2550. The molecule has 0 aliphatic carbocycles. The summed E-state index contributed by atoms with van der Waals surface area (Å²) in [5.41, 5.74) is 2.42. The Balaban J connectivity index is 1.11. The maximum absolute atomic E-state index is 15.0. The Morgan fingerprint density at radius 3 is 2.17 bits per heavy atom. The molecule has 3 atom stereocenters. The number of rotatable bonds is 15. The first-order valence-corrected chi connectivity index (χ1v) is 24.4. The van der Waals surface area contributed by atoms with Crippen molar-refractivity contribution in [3.63, 3.8) is 0 Å². The van der Waals surface area contributed by atoms with Crippen molar-refractivity contribution in [2.24, 2.45) is 5.16 Å². The maximum atomic E-state index is 15.0. The number of alkyl carbamates (subject to hydrolysis) is 1. The number of oxime groups is 1. The summed E-state index contributed by atoms with van der Waals surface area (Å²) < 4.78 is 31.4. The molecule has 18 heteroatoms. The number of amides is 4. The molecule has 1 unspecified atom stereocenters. The zero-order chi connectivity index (χ0) is 51.8. The molecule has 3 aliphatic rings. The van der Waals surface area contributed by atoms with E-state index in [0.717, 1.165) is 16.7 Å². The fourth-order valence-electron chi connectivity index (χ4n) is 8.44. The van der Waals surface area contributed by atoms with Crippen molar-refractivity contribution >= 4 is 64.3 Å². The number of carbonyl (C=O) groups is 6. The highest BCUT2D eigenvalue weighted by atomic mass is 35.5. The van der Waals surface area contributed by atoms with Crippen LogP contribution in [-0.4, -0.2) is 113 Å². The molecule has 0 bridgehead atoms. The molecule has 0 fully saturated rings. The van der Waals surface area contributed by atoms with Crippen LogP contribution in [0.5, 0.6) is 0 Å². The SMILES string of the molecule is CC(C)(C)OC(=O)NC(CCCCNC(=O)CN1CC=C(c2cccc3c2CCN(C(=O)[C@H]2CC(c4cccc(Cl)c4F)=NO2)[C@@H]3C(=O)Nc2ccc(C(=O)OC(C)(C)C)cc2)CC1)C(=O)OC(C)(C)C. The maximum Gasteiger partial charge on any atom is 0.408 e. The van der Waals surface area contributed by atoms with Gasteiger partial charge in [0.05, 0.1) is 22.8 Å². The second kappa shape index (κ2) is 22.8. The highest BCUT2D eigenvalue weighted by Crippen LogP contribution is 2.38. The van der Waals surface area contributed by atoms with E-state index in [-0.39, 0.29) is 41.7 Å². The van der Waals surface area contributed by atoms with E-state index < -0.39 is 70.7 Å². The summed E-state index contributed by atoms with van der Waals surface area (Å²) in [5.74, 6) is -2.86. The molecule has 0 aromatic heterocycles. The first-order valence-electron chi connectivity index (χ1n) is 24.0. The van der Waals surface area contributed by atoms with E-state index in [0.29, 0.717) is 68.6 Å². The van der Waals surface area contributed by atoms with Crippen molar-refractivity contribution in [1.82, 2.24) is 20.4 Å². The third-order valence-electron chi connectivity index (χ3n) is 11.6. The minimum Gasteiger partial charge on any atom is -0.458 e. The van der Waals surface area contributed by atoms with Gasteiger partial charge in [0.1, 0.15) is 28.9 Å². The molecule has 0 radical (unpaired) electrons. The van der Waals surface area contributed by atoms with Gasteiger partial charge in [-0.05, 0) is 153 Å². The summed E-state index contributed by atoms with van der Waals surface area (Å²) in [5, 5.41) is 12.5. The number of nitrogens with zero attached hydrogens (tertiary/aromatic N) is 3. The predicted molar refractivity (Wildman–Crippen MR) is 267 cm³/mol. The van der Waals surface area contributed by atoms with E-state index in [1.54, 1.807) is 92.6 Å². The van der Waals surface area contributed by atoms with Crippen LogP contribution in [0.3, 0.4) is 0 Å². The number of esters is 2. The van der Waals surface area contributed by atoms with Crippen LogP contribution in [0.2, 0.25) is 5.02 Å². The number of halogens is 2. The van der Waals surface area contributed by atoms with Crippen LogP contribution in [0.4, 0.5) is 14.9 Å². The van der Waals surface area contributed by atoms with Crippen LogP contribution >= 0.6 is 11.6 Å². The Morgan fingerprint density at radius 1 is 0.831 bits per heavy atom. The Kier molecular flexibility index (Phi) is 17.4. The standard InChI is InChI=1S/C53H66ClFN6O10/c1-51(2,3)68-48(65)33-19-21-34(22-20-33)57-46(63)45-37-15-12-14-35(36(37)25-29-61(45)47(64)42-30-41(59-71-42)38-16-13-17-39(54)44(38)55)32-23-27-60(28-24-32)31-43(62)56-26-11-10-18-40(49(66)69-52(4,5)6)58-50(67)70-53(7,8)9/h12-17,19-23,40,42,45H,10-11,18,24-31H2,1-9H3,(H,56,62)(H,57,63)(H,58,67)/t40?,42-,45+/m1/s1. The molecule has 3 N–H and O–H groups in total. The van der Waals surface area contributed by atoms with Gasteiger partial charge < -0.3 is 39.9 Å². The van der Waals surface area contributed by atoms with Crippen LogP contribution in [0.1, 0.15) is 133 Å². The topological polar surface area (TPSA) is 194 Å². The van der Waals surface area contributed by atoms with Gasteiger partial charge in [-0.25, -0.2) is 18.8 Å². The molecule has 3 aromatic rings. The number of hydrogen-bond donors (Lipinski definition) is 3. The van der Waals surface area contributed by atoms with E-state index >= 15 is 0 Å². The smallest absolute Gasteiger partial charge is 0.408 e. The summed E-state index contributed by atoms with van der Waals surface area (Å²) in [6, 6.07) is 14.5. The van der Waals surface area contributed by atoms with Crippen molar-refractivity contribution in [3.05, 3.63) is 105 Å². The Morgan fingerprint density at radius 2 is 1.51 bits per heavy atom. The van der Waals surface area contributed by atoms with Gasteiger partial charge in [0, 0.05) is 43.9 Å². The van der Waals surface area contributed by atoms with E-state index in [1.807, 2.05) is 23.1 Å². The normalized spacial score (nSPS) is 17.6. The van der Waals surface area contributed by atoms with Gasteiger partial charge >= 0.3 is 18.0 Å². The van der Waals surface area contributed by atoms with Crippen molar-refractivity contribution in [3.8, 4) is 0 Å². The largest absolute Gasteiger partial charge is 0.458 e. The number of carbonyl (C=O) groups excluding carboxylic acids is 6. The fourth-order valence-corrected chi connectivity index (χ4v) is 8.61. The van der Waals surface area contributed by atoms with Crippen LogP contribution in [0, 0.1) is 5.82 Å². The lowest BCUT2D eigenvalue weighted by atomic mass is 9.84. The van der Waals surface area contributed by atoms with Crippen LogP contribution in [0.15, 0.2) is 71.9 Å². The second-order valence-electron chi connectivity index (χ2n) is 20.9. The molecule has 0 saturated heterocycles. The van der Waals surface area contributed by atoms with Gasteiger partial charge in [0.15, 0.2) is 5.82 Å². The first-order chi connectivity index (χ1) is 33.4. The summed E-state index contributed by atoms with van der Waals surface area (Å²) in [4.78, 5) is 89.2. The molecule has 3 aromatic carbocycles. The molecule has 3 heterocycles. The van der Waals surface area contributed by atoms with Crippen molar-refractivity contribution in [1.29, 1.82) is 0 Å². The van der Waals surface area contributed by atoms with Gasteiger partial charge in [0.2, 0.25) is 12.0 Å². The van der Waals surface area contributed by atoms with Gasteiger partial charge in [-0.1, -0.05) is 47.1 Å². The number of ether oxygens (including phenoxy) is 3. The number of benzene rings is 3. The number of unbranched alkanes of at least 4 members (excludes halogenated alkanes) is 1. The monoisotopic (exact) mass is 1000 g/mol. The average Bonchev–Trinajstić information content (AvgIpc) is 3.77. The summed E-state index contributed by atoms with van der Waals surface area (Å²) >= 11 is 6.04. The van der Waals surface area contributed by atoms with Crippen LogP contribution < -0.4 is 16.0 Å². The molecule has 16 nitrogen and oxygen atoms in total. The molecule has 3 aliphatic heterocycles. The third kappa shape index (κ3) is 15.1. The minimum absolute atomic E-state index is 0.0350. The fraction of sp³-hybridized carbons (Fsp3) is 0.491. The lowest BCUT2D eigenvalue weighted by molar-refractivity contribution is -0.157. The van der Waals surface area contributed by atoms with E-state index in [2.05, 4.69) is 27.2 Å². The van der Waals surface area contributed by atoms with Crippen molar-refractivity contribution < 1.29 is 52.2 Å². The summed E-state index contributed by atoms with van der Waals surface area (Å²) in [7, 11) is 0. The van der Waals surface area contributed by atoms with E-state index in [1.165, 1.54) is 17.0 Å². The highest BCUT2D eigenvalue weighted by Gasteiger charge is 2.42. The van der Waals surface area contributed by atoms with Crippen LogP contribution in [-0.2, 0) is 44.6 Å². The lowest BCUT2D eigenvalue weighted by Crippen LogP contribution is -2.49. The first kappa shape index (κ1) is 54.0. The molecule has 382 valence electrons. The summed E-state index contributed by atoms with van der Waals surface area (Å²) in [6.45, 7) is 17.6. The molecular weight excluding hydrogens is 935 g/mol. The minimum atomic E-state index is -1.12. The number of anilines is 1. The number of fused-ring (bicyclic) bond motifs is 1. The van der Waals surface area contributed by atoms with E-state index in [9.17, 15) is 33.2 Å². The molecule has 6 rings (SSSR count). The Hall–Kier alpha value is -6.33. The second-order valence-corrected chi connectivity index (χ2v) is 21.3. The van der Waals surface area contributed by atoms with Gasteiger partial charge in [0.25, 0.3) is 11.8 Å². The molecule has 0 spiro atoms. The third-order valence-corrected chi connectivity index (χ3v) is 11.9. The average molecular weight is 1000 g/mol. The number of nitrogens with one attached hydrogen (secondary N) is 3. The summed E-state index contributed by atoms with van der Waals surface area (Å²) in [6.07, 6.45) is 2.67.